The third kappa shape index (κ3) is 5.79. The molecule has 2 rings (SSSR count). The van der Waals surface area contributed by atoms with Crippen LogP contribution in [0.1, 0.15) is 11.4 Å². The Morgan fingerprint density at radius 3 is 1.58 bits per heavy atom. The molecule has 0 amide bonds. The first-order valence-electron chi connectivity index (χ1n) is 7.95. The summed E-state index contributed by atoms with van der Waals surface area (Å²) in [6.07, 6.45) is 3.56. The molecule has 24 heavy (non-hydrogen) atoms. The predicted molar refractivity (Wildman–Crippen MR) is 94.2 cm³/mol. The van der Waals surface area contributed by atoms with Crippen LogP contribution in [0.25, 0.3) is 0 Å². The Morgan fingerprint density at radius 1 is 0.792 bits per heavy atom. The average molecular weight is 330 g/mol. The Labute approximate surface area is 144 Å². The van der Waals surface area contributed by atoms with Crippen molar-refractivity contribution in [2.75, 3.05) is 41.4 Å². The zero-order valence-corrected chi connectivity index (χ0v) is 14.9. The lowest BCUT2D eigenvalue weighted by atomic mass is 10.3. The molecule has 0 bridgehead atoms. The second-order valence-electron chi connectivity index (χ2n) is 5.85. The van der Waals surface area contributed by atoms with E-state index in [1.165, 1.54) is 0 Å². The molecule has 0 atom stereocenters. The Hall–Kier alpha value is -2.18. The van der Waals surface area contributed by atoms with E-state index in [0.717, 1.165) is 49.1 Å². The van der Waals surface area contributed by atoms with E-state index < -0.39 is 0 Å². The molecule has 0 saturated carbocycles. The van der Waals surface area contributed by atoms with E-state index in [0.29, 0.717) is 0 Å². The van der Waals surface area contributed by atoms with Crippen LogP contribution in [0.4, 0.5) is 0 Å². The fraction of sp³-hybridized carbons (Fsp3) is 0.444. The van der Waals surface area contributed by atoms with Gasteiger partial charge in [-0.25, -0.2) is 0 Å². The van der Waals surface area contributed by atoms with Gasteiger partial charge in [0, 0.05) is 50.7 Å². The molecular weight excluding hydrogens is 304 g/mol. The van der Waals surface area contributed by atoms with Gasteiger partial charge in [0.05, 0.1) is 25.6 Å². The number of pyridine rings is 2. The van der Waals surface area contributed by atoms with Crippen LogP contribution in [0.3, 0.4) is 0 Å². The summed E-state index contributed by atoms with van der Waals surface area (Å²) in [7, 11) is 7.53. The minimum Gasteiger partial charge on any atom is -0.497 e. The summed E-state index contributed by atoms with van der Waals surface area (Å²) in [6.45, 7) is 3.48. The monoisotopic (exact) mass is 330 g/mol. The summed E-state index contributed by atoms with van der Waals surface area (Å²) in [6, 6.07) is 7.66. The van der Waals surface area contributed by atoms with Gasteiger partial charge in [-0.2, -0.15) is 0 Å². The maximum atomic E-state index is 5.24. The predicted octanol–water partition coefficient (Wildman–Crippen LogP) is 2.06. The summed E-state index contributed by atoms with van der Waals surface area (Å²) < 4.78 is 10.5. The highest BCUT2D eigenvalue weighted by molar-refractivity contribution is 5.23. The van der Waals surface area contributed by atoms with Crippen molar-refractivity contribution in [1.82, 2.24) is 19.8 Å². The van der Waals surface area contributed by atoms with Gasteiger partial charge < -0.3 is 9.47 Å². The van der Waals surface area contributed by atoms with Crippen LogP contribution in [-0.2, 0) is 13.1 Å². The third-order valence-corrected chi connectivity index (χ3v) is 3.77. The number of hydrogen-bond donors (Lipinski definition) is 0. The number of ether oxygens (including phenoxy) is 2. The molecule has 0 aromatic carbocycles. The minimum atomic E-state index is 0.794. The zero-order valence-electron chi connectivity index (χ0n) is 14.9. The number of aromatic nitrogens is 2. The summed E-state index contributed by atoms with van der Waals surface area (Å²) >= 11 is 0. The third-order valence-electron chi connectivity index (χ3n) is 3.77. The number of nitrogens with zero attached hydrogens (tertiary/aromatic N) is 4. The molecule has 2 aromatic rings. The lowest BCUT2D eigenvalue weighted by molar-refractivity contribution is 0.243. The van der Waals surface area contributed by atoms with E-state index in [-0.39, 0.29) is 0 Å². The summed E-state index contributed by atoms with van der Waals surface area (Å²) in [4.78, 5) is 13.3. The largest absolute Gasteiger partial charge is 0.497 e. The summed E-state index contributed by atoms with van der Waals surface area (Å²) in [5, 5.41) is 0. The second kappa shape index (κ2) is 9.20. The number of methoxy groups -OCH3 is 2. The zero-order chi connectivity index (χ0) is 17.4. The molecule has 2 heterocycles. The Bertz CT molecular complexity index is 580. The van der Waals surface area contributed by atoms with Crippen LogP contribution in [0.5, 0.6) is 11.5 Å². The molecule has 0 aliphatic carbocycles. The maximum Gasteiger partial charge on any atom is 0.122 e. The van der Waals surface area contributed by atoms with E-state index in [4.69, 9.17) is 9.47 Å². The lowest BCUT2D eigenvalue weighted by Gasteiger charge is -2.21. The van der Waals surface area contributed by atoms with Gasteiger partial charge >= 0.3 is 0 Å². The molecule has 6 nitrogen and oxygen atoms in total. The molecule has 0 fully saturated rings. The van der Waals surface area contributed by atoms with Crippen molar-refractivity contribution >= 4 is 0 Å². The van der Waals surface area contributed by atoms with E-state index in [2.05, 4.69) is 33.9 Å². The maximum absolute atomic E-state index is 5.24. The van der Waals surface area contributed by atoms with Crippen LogP contribution in [-0.4, -0.2) is 61.2 Å². The van der Waals surface area contributed by atoms with Crippen LogP contribution >= 0.6 is 0 Å². The molecule has 0 radical (unpaired) electrons. The molecule has 130 valence electrons. The fourth-order valence-corrected chi connectivity index (χ4v) is 2.39. The fourth-order valence-electron chi connectivity index (χ4n) is 2.39. The van der Waals surface area contributed by atoms with Gasteiger partial charge in [0.15, 0.2) is 0 Å². The van der Waals surface area contributed by atoms with Gasteiger partial charge in [0.1, 0.15) is 11.5 Å². The van der Waals surface area contributed by atoms with Crippen molar-refractivity contribution in [2.24, 2.45) is 0 Å². The van der Waals surface area contributed by atoms with Crippen LogP contribution in [0, 0.1) is 0 Å². The van der Waals surface area contributed by atoms with E-state index in [9.17, 15) is 0 Å². The lowest BCUT2D eigenvalue weighted by Crippen LogP contribution is -2.30. The Kier molecular flexibility index (Phi) is 6.96. The van der Waals surface area contributed by atoms with E-state index >= 15 is 0 Å². The molecule has 0 N–H and O–H groups in total. The molecule has 6 heteroatoms. The molecule has 0 aliphatic rings. The average Bonchev–Trinajstić information content (AvgIpc) is 2.60. The normalized spacial score (nSPS) is 11.1. The molecule has 0 spiro atoms. The Morgan fingerprint density at radius 2 is 1.21 bits per heavy atom. The topological polar surface area (TPSA) is 50.7 Å². The Balaban J connectivity index is 1.78. The van der Waals surface area contributed by atoms with Crippen molar-refractivity contribution in [3.8, 4) is 11.5 Å². The number of likely N-dealkylation sites (N-methyl/N-ethyl adjacent to an activating group) is 2. The highest BCUT2D eigenvalue weighted by Gasteiger charge is 2.07. The van der Waals surface area contributed by atoms with Crippen LogP contribution in [0.2, 0.25) is 0 Å². The molecule has 0 aliphatic heterocycles. The van der Waals surface area contributed by atoms with Crippen LogP contribution in [0.15, 0.2) is 36.7 Å². The molecular formula is C18H26N4O2. The molecule has 0 unspecified atom stereocenters. The molecule has 2 aromatic heterocycles. The van der Waals surface area contributed by atoms with Crippen molar-refractivity contribution in [2.45, 2.75) is 13.1 Å². The summed E-state index contributed by atoms with van der Waals surface area (Å²) in [5.74, 6) is 1.68. The van der Waals surface area contributed by atoms with E-state index in [1.807, 2.05) is 24.3 Å². The van der Waals surface area contributed by atoms with Gasteiger partial charge in [-0.15, -0.1) is 0 Å². The number of rotatable bonds is 9. The van der Waals surface area contributed by atoms with Gasteiger partial charge in [-0.3, -0.25) is 19.8 Å². The SMILES string of the molecule is COc1ccnc(CN(C)CCN(C)Cc2cc(OC)ccn2)c1. The number of hydrogen-bond acceptors (Lipinski definition) is 6. The van der Waals surface area contributed by atoms with Gasteiger partial charge in [-0.05, 0) is 26.2 Å². The van der Waals surface area contributed by atoms with Crippen molar-refractivity contribution in [3.63, 3.8) is 0 Å². The van der Waals surface area contributed by atoms with Crippen molar-refractivity contribution in [1.29, 1.82) is 0 Å². The first-order valence-corrected chi connectivity index (χ1v) is 7.95. The smallest absolute Gasteiger partial charge is 0.122 e. The summed E-state index contributed by atoms with van der Waals surface area (Å²) in [5.41, 5.74) is 2.02. The molecule has 0 saturated heterocycles. The first-order chi connectivity index (χ1) is 11.6. The van der Waals surface area contributed by atoms with Crippen molar-refractivity contribution in [3.05, 3.63) is 48.0 Å². The van der Waals surface area contributed by atoms with Crippen LogP contribution < -0.4 is 9.47 Å². The minimum absolute atomic E-state index is 0.794. The van der Waals surface area contributed by atoms with Gasteiger partial charge in [-0.1, -0.05) is 0 Å². The standard InChI is InChI=1S/C18H26N4O2/c1-21(13-15-11-17(23-3)5-7-19-15)9-10-22(2)14-16-12-18(24-4)6-8-20-16/h5-8,11-12H,9-10,13-14H2,1-4H3. The highest BCUT2D eigenvalue weighted by Crippen LogP contribution is 2.12. The highest BCUT2D eigenvalue weighted by atomic mass is 16.5. The first kappa shape index (κ1) is 18.2. The quantitative estimate of drug-likeness (QED) is 0.701. The van der Waals surface area contributed by atoms with E-state index in [1.54, 1.807) is 26.6 Å². The second-order valence-corrected chi connectivity index (χ2v) is 5.85. The van der Waals surface area contributed by atoms with Crippen molar-refractivity contribution < 1.29 is 9.47 Å². The van der Waals surface area contributed by atoms with Gasteiger partial charge in [0.25, 0.3) is 0 Å². The van der Waals surface area contributed by atoms with Gasteiger partial charge in [0.2, 0.25) is 0 Å².